The number of ether oxygens (including phenoxy) is 1. The van der Waals surface area contributed by atoms with Crippen LogP contribution in [0.3, 0.4) is 0 Å². The Kier molecular flexibility index (Phi) is 8.51. The van der Waals surface area contributed by atoms with Crippen LogP contribution >= 0.6 is 23.2 Å². The molecular weight excluding hydrogens is 533 g/mol. The maximum atomic E-state index is 13.5. The summed E-state index contributed by atoms with van der Waals surface area (Å²) in [6.07, 6.45) is 3.69. The second-order valence-corrected chi connectivity index (χ2v) is 12.6. The fourth-order valence-electron chi connectivity index (χ4n) is 4.23. The minimum atomic E-state index is -3.77. The molecule has 4 rings (SSSR count). The molecule has 0 atom stereocenters. The van der Waals surface area contributed by atoms with Crippen LogP contribution in [-0.4, -0.2) is 42.4 Å². The van der Waals surface area contributed by atoms with Crippen LogP contribution in [0.2, 0.25) is 10.0 Å². The van der Waals surface area contributed by atoms with Crippen molar-refractivity contribution in [1.82, 2.24) is 14.5 Å². The molecule has 0 saturated heterocycles. The zero-order chi connectivity index (χ0) is 26.7. The first kappa shape index (κ1) is 27.5. The summed E-state index contributed by atoms with van der Waals surface area (Å²) in [4.78, 5) is 19.6. The van der Waals surface area contributed by atoms with Crippen LogP contribution in [0.15, 0.2) is 53.8 Å². The van der Waals surface area contributed by atoms with Crippen molar-refractivity contribution < 1.29 is 17.9 Å². The van der Waals surface area contributed by atoms with Gasteiger partial charge in [-0.25, -0.2) is 13.4 Å². The smallest absolute Gasteiger partial charge is 0.255 e. The van der Waals surface area contributed by atoms with Gasteiger partial charge in [0.25, 0.3) is 5.91 Å². The first-order valence-electron chi connectivity index (χ1n) is 12.2. The zero-order valence-corrected chi connectivity index (χ0v) is 23.5. The third kappa shape index (κ3) is 6.86. The van der Waals surface area contributed by atoms with E-state index in [2.05, 4.69) is 4.98 Å². The highest BCUT2D eigenvalue weighted by Gasteiger charge is 2.31. The Morgan fingerprint density at radius 3 is 2.59 bits per heavy atom. The maximum absolute atomic E-state index is 13.5. The van der Waals surface area contributed by atoms with Crippen molar-refractivity contribution in [3.05, 3.63) is 75.5 Å². The summed E-state index contributed by atoms with van der Waals surface area (Å²) < 4.78 is 33.9. The number of halogens is 2. The first-order valence-corrected chi connectivity index (χ1v) is 14.6. The molecule has 1 fully saturated rings. The second kappa shape index (κ2) is 11.5. The van der Waals surface area contributed by atoms with E-state index in [1.54, 1.807) is 65.2 Å². The molecule has 1 saturated carbocycles. The van der Waals surface area contributed by atoms with E-state index in [4.69, 9.17) is 27.9 Å². The van der Waals surface area contributed by atoms with Crippen LogP contribution in [0.25, 0.3) is 0 Å². The van der Waals surface area contributed by atoms with Gasteiger partial charge in [0.1, 0.15) is 5.75 Å². The van der Waals surface area contributed by atoms with Crippen molar-refractivity contribution in [1.29, 1.82) is 0 Å². The number of carbonyl (C=O) groups excluding carboxylic acids is 1. The summed E-state index contributed by atoms with van der Waals surface area (Å²) in [6.45, 7) is 5.28. The van der Waals surface area contributed by atoms with E-state index in [0.717, 1.165) is 12.8 Å². The Labute approximate surface area is 228 Å². The first-order chi connectivity index (χ1) is 17.6. The lowest BCUT2D eigenvalue weighted by atomic mass is 10.1. The van der Waals surface area contributed by atoms with Gasteiger partial charge in [0.15, 0.2) is 0 Å². The zero-order valence-electron chi connectivity index (χ0n) is 21.2. The number of methoxy groups -OCH3 is 1. The minimum absolute atomic E-state index is 0.00219. The van der Waals surface area contributed by atoms with Gasteiger partial charge in [-0.05, 0) is 60.6 Å². The average Bonchev–Trinajstić information content (AvgIpc) is 3.57. The number of hydrogen-bond acceptors (Lipinski definition) is 5. The molecule has 198 valence electrons. The number of sulfone groups is 1. The summed E-state index contributed by atoms with van der Waals surface area (Å²) >= 11 is 12.4. The third-order valence-electron chi connectivity index (χ3n) is 6.20. The topological polar surface area (TPSA) is 81.5 Å². The van der Waals surface area contributed by atoms with E-state index in [1.807, 2.05) is 13.8 Å². The van der Waals surface area contributed by atoms with Gasteiger partial charge in [-0.3, -0.25) is 4.79 Å². The largest absolute Gasteiger partial charge is 0.497 e. The molecule has 1 aliphatic carbocycles. The molecule has 0 N–H and O–H groups in total. The molecule has 0 unspecified atom stereocenters. The van der Waals surface area contributed by atoms with Gasteiger partial charge >= 0.3 is 0 Å². The molecule has 10 heteroatoms. The summed E-state index contributed by atoms with van der Waals surface area (Å²) in [6, 6.07) is 11.8. The lowest BCUT2D eigenvalue weighted by Gasteiger charge is -2.24. The van der Waals surface area contributed by atoms with Crippen molar-refractivity contribution >= 4 is 38.9 Å². The summed E-state index contributed by atoms with van der Waals surface area (Å²) in [7, 11) is -2.22. The van der Waals surface area contributed by atoms with Crippen molar-refractivity contribution in [2.24, 2.45) is 11.8 Å². The summed E-state index contributed by atoms with van der Waals surface area (Å²) in [5, 5.41) is 0.745. The van der Waals surface area contributed by atoms with Crippen LogP contribution in [0.1, 0.15) is 48.3 Å². The maximum Gasteiger partial charge on any atom is 0.255 e. The number of carbonyl (C=O) groups is 1. The number of imidazole rings is 1. The molecule has 1 aliphatic rings. The molecule has 7 nitrogen and oxygen atoms in total. The Morgan fingerprint density at radius 2 is 1.95 bits per heavy atom. The van der Waals surface area contributed by atoms with E-state index in [0.29, 0.717) is 46.6 Å². The second-order valence-electron chi connectivity index (χ2n) is 9.90. The molecule has 3 aromatic rings. The van der Waals surface area contributed by atoms with Gasteiger partial charge in [-0.2, -0.15) is 0 Å². The molecule has 0 aliphatic heterocycles. The lowest BCUT2D eigenvalue weighted by Crippen LogP contribution is -2.34. The van der Waals surface area contributed by atoms with E-state index < -0.39 is 9.84 Å². The average molecular weight is 565 g/mol. The molecular formula is C27H31Cl2N3O4S. The molecule has 1 amide bonds. The van der Waals surface area contributed by atoms with Crippen LogP contribution in [-0.2, 0) is 28.7 Å². The van der Waals surface area contributed by atoms with Crippen molar-refractivity contribution in [2.45, 2.75) is 50.7 Å². The number of aromatic nitrogens is 2. The monoisotopic (exact) mass is 563 g/mol. The van der Waals surface area contributed by atoms with E-state index in [9.17, 15) is 13.2 Å². The van der Waals surface area contributed by atoms with Crippen molar-refractivity contribution in [2.75, 3.05) is 13.7 Å². The summed E-state index contributed by atoms with van der Waals surface area (Å²) in [5.41, 5.74) is 1.65. The number of rotatable bonds is 11. The van der Waals surface area contributed by atoms with Gasteiger partial charge in [0.2, 0.25) is 15.0 Å². The van der Waals surface area contributed by atoms with Crippen molar-refractivity contribution in [3.63, 3.8) is 0 Å². The van der Waals surface area contributed by atoms with Crippen LogP contribution in [0, 0.1) is 11.8 Å². The normalized spacial score (nSPS) is 13.7. The fourth-order valence-corrected chi connectivity index (χ4v) is 6.21. The molecule has 1 aromatic heterocycles. The van der Waals surface area contributed by atoms with Gasteiger partial charge in [0.05, 0.1) is 41.9 Å². The Morgan fingerprint density at radius 1 is 1.19 bits per heavy atom. The highest BCUT2D eigenvalue weighted by molar-refractivity contribution is 7.90. The highest BCUT2D eigenvalue weighted by Crippen LogP contribution is 2.32. The molecule has 0 bridgehead atoms. The van der Waals surface area contributed by atoms with Gasteiger partial charge in [0, 0.05) is 18.1 Å². The van der Waals surface area contributed by atoms with Gasteiger partial charge < -0.3 is 14.2 Å². The third-order valence-corrected chi connectivity index (χ3v) is 8.34. The fraction of sp³-hybridized carbons (Fsp3) is 0.407. The van der Waals surface area contributed by atoms with Gasteiger partial charge in [-0.1, -0.05) is 49.2 Å². The molecule has 37 heavy (non-hydrogen) atoms. The predicted molar refractivity (Wildman–Crippen MR) is 145 cm³/mol. The predicted octanol–water partition coefficient (Wildman–Crippen LogP) is 5.88. The van der Waals surface area contributed by atoms with Crippen LogP contribution in [0.5, 0.6) is 5.75 Å². The molecule has 2 aromatic carbocycles. The van der Waals surface area contributed by atoms with Crippen molar-refractivity contribution in [3.8, 4) is 5.75 Å². The molecule has 0 radical (unpaired) electrons. The Balaban J connectivity index is 1.66. The minimum Gasteiger partial charge on any atom is -0.497 e. The number of amides is 1. The van der Waals surface area contributed by atoms with E-state index in [1.165, 1.54) is 0 Å². The van der Waals surface area contributed by atoms with Crippen LogP contribution < -0.4 is 4.74 Å². The molecule has 1 heterocycles. The quantitative estimate of drug-likeness (QED) is 0.291. The van der Waals surface area contributed by atoms with E-state index in [-0.39, 0.29) is 34.3 Å². The number of benzene rings is 2. The summed E-state index contributed by atoms with van der Waals surface area (Å²) in [5.74, 6) is 0.759. The number of nitrogens with zero attached hydrogens (tertiary/aromatic N) is 3. The van der Waals surface area contributed by atoms with Crippen LogP contribution in [0.4, 0.5) is 0 Å². The molecule has 0 spiro atoms. The Bertz CT molecular complexity index is 1380. The SMILES string of the molecule is COc1cccc(CS(=O)(=O)c2ncc(CN(CC3CC3)C(=O)c3ccc(Cl)cc3Cl)n2CC(C)C)c1. The standard InChI is InChI=1S/C27H31Cl2N3O4S/c1-18(2)14-32-22(13-30-27(32)37(34,35)17-20-5-4-6-23(11-20)36-3)16-31(15-19-7-8-19)26(33)24-10-9-21(28)12-25(24)29/h4-6,9-13,18-19H,7-8,14-17H2,1-3H3. The lowest BCUT2D eigenvalue weighted by molar-refractivity contribution is 0.0730. The van der Waals surface area contributed by atoms with E-state index >= 15 is 0 Å². The highest BCUT2D eigenvalue weighted by atomic mass is 35.5. The number of hydrogen-bond donors (Lipinski definition) is 0. The van der Waals surface area contributed by atoms with Gasteiger partial charge in [-0.15, -0.1) is 0 Å². The Hall–Kier alpha value is -2.55.